The number of nitrogens with one attached hydrogen (secondary N) is 1. The molecule has 2 atom stereocenters. The molecule has 1 aromatic rings. The van der Waals surface area contributed by atoms with Crippen LogP contribution in [0.2, 0.25) is 0 Å². The molecule has 3 fully saturated rings. The lowest BCUT2D eigenvalue weighted by Crippen LogP contribution is -2.50. The molecule has 0 radical (unpaired) electrons. The lowest BCUT2D eigenvalue weighted by molar-refractivity contribution is -0.135. The first-order valence-electron chi connectivity index (χ1n) is 11.6. The molecule has 3 aliphatic rings. The van der Waals surface area contributed by atoms with E-state index in [4.69, 9.17) is 0 Å². The van der Waals surface area contributed by atoms with E-state index in [2.05, 4.69) is 10.8 Å². The van der Waals surface area contributed by atoms with Crippen LogP contribution < -0.4 is 4.72 Å². The third kappa shape index (κ3) is 5.01. The van der Waals surface area contributed by atoms with Gasteiger partial charge in [-0.05, 0) is 49.1 Å². The molecule has 2 aliphatic carbocycles. The van der Waals surface area contributed by atoms with Crippen molar-refractivity contribution in [2.24, 2.45) is 11.3 Å². The molecule has 5 nitrogen and oxygen atoms in total. The average molecular weight is 469 g/mol. The molecular formula is C24H34F2N2O3S. The Kier molecular flexibility index (Phi) is 6.16. The van der Waals surface area contributed by atoms with Crippen molar-refractivity contribution in [1.29, 1.82) is 0 Å². The van der Waals surface area contributed by atoms with Crippen LogP contribution in [0.1, 0.15) is 69.4 Å². The summed E-state index contributed by atoms with van der Waals surface area (Å²) in [5, 5.41) is 0. The van der Waals surface area contributed by atoms with Crippen LogP contribution in [0.4, 0.5) is 8.78 Å². The van der Waals surface area contributed by atoms with Gasteiger partial charge in [0.25, 0.3) is 0 Å². The molecule has 8 heteroatoms. The van der Waals surface area contributed by atoms with Gasteiger partial charge in [-0.1, -0.05) is 38.1 Å². The van der Waals surface area contributed by atoms with Gasteiger partial charge in [0.05, 0.1) is 12.3 Å². The van der Waals surface area contributed by atoms with Gasteiger partial charge in [0.15, 0.2) is 0 Å². The van der Waals surface area contributed by atoms with E-state index in [-0.39, 0.29) is 48.1 Å². The fourth-order valence-electron chi connectivity index (χ4n) is 5.60. The minimum Gasteiger partial charge on any atom is -0.337 e. The van der Waals surface area contributed by atoms with Crippen LogP contribution in [-0.4, -0.2) is 50.0 Å². The number of amides is 1. The molecule has 178 valence electrons. The van der Waals surface area contributed by atoms with Gasteiger partial charge in [0.1, 0.15) is 0 Å². The monoisotopic (exact) mass is 468 g/mol. The summed E-state index contributed by atoms with van der Waals surface area (Å²) in [5.74, 6) is -2.56. The number of carbonyl (C=O) groups excluding carboxylic acids is 1. The van der Waals surface area contributed by atoms with Gasteiger partial charge in [-0.2, -0.15) is 0 Å². The summed E-state index contributed by atoms with van der Waals surface area (Å²) in [7, 11) is -3.43. The number of hydrogen-bond donors (Lipinski definition) is 1. The van der Waals surface area contributed by atoms with Crippen molar-refractivity contribution in [3.05, 3.63) is 35.4 Å². The van der Waals surface area contributed by atoms with E-state index >= 15 is 0 Å². The zero-order valence-corrected chi connectivity index (χ0v) is 19.9. The van der Waals surface area contributed by atoms with Crippen LogP contribution in [0.5, 0.6) is 0 Å². The van der Waals surface area contributed by atoms with Crippen LogP contribution in [-0.2, 0) is 21.2 Å². The van der Waals surface area contributed by atoms with Crippen LogP contribution in [0.3, 0.4) is 0 Å². The van der Waals surface area contributed by atoms with Gasteiger partial charge < -0.3 is 4.90 Å². The predicted molar refractivity (Wildman–Crippen MR) is 120 cm³/mol. The molecule has 1 heterocycles. The normalized spacial score (nSPS) is 27.2. The summed E-state index contributed by atoms with van der Waals surface area (Å²) < 4.78 is 54.3. The van der Waals surface area contributed by atoms with Crippen molar-refractivity contribution in [2.75, 3.05) is 12.8 Å². The Morgan fingerprint density at radius 2 is 1.84 bits per heavy atom. The Morgan fingerprint density at radius 3 is 2.41 bits per heavy atom. The number of rotatable bonds is 6. The highest BCUT2D eigenvalue weighted by atomic mass is 32.2. The highest BCUT2D eigenvalue weighted by molar-refractivity contribution is 7.88. The van der Waals surface area contributed by atoms with Crippen LogP contribution in [0.15, 0.2) is 24.3 Å². The number of carbonyl (C=O) groups is 1. The second kappa shape index (κ2) is 8.35. The zero-order valence-electron chi connectivity index (χ0n) is 19.1. The maximum absolute atomic E-state index is 13.6. The number of hydrogen-bond acceptors (Lipinski definition) is 3. The molecular weight excluding hydrogens is 434 g/mol. The number of alkyl halides is 2. The summed E-state index contributed by atoms with van der Waals surface area (Å²) in [6.07, 6.45) is 4.33. The Labute approximate surface area is 190 Å². The van der Waals surface area contributed by atoms with Gasteiger partial charge in [-0.3, -0.25) is 4.79 Å². The van der Waals surface area contributed by atoms with E-state index in [1.807, 2.05) is 36.9 Å². The molecule has 0 bridgehead atoms. The van der Waals surface area contributed by atoms with E-state index in [0.717, 1.165) is 24.0 Å². The van der Waals surface area contributed by atoms with E-state index in [9.17, 15) is 22.0 Å². The molecule has 1 saturated heterocycles. The highest BCUT2D eigenvalue weighted by Crippen LogP contribution is 2.55. The van der Waals surface area contributed by atoms with Gasteiger partial charge >= 0.3 is 0 Å². The van der Waals surface area contributed by atoms with Crippen LogP contribution in [0.25, 0.3) is 0 Å². The van der Waals surface area contributed by atoms with Crippen molar-refractivity contribution in [3.63, 3.8) is 0 Å². The van der Waals surface area contributed by atoms with E-state index < -0.39 is 15.9 Å². The first-order chi connectivity index (χ1) is 14.9. The molecule has 1 amide bonds. The number of halogens is 2. The second-order valence-electron chi connectivity index (χ2n) is 10.5. The highest BCUT2D eigenvalue weighted by Gasteiger charge is 2.61. The number of likely N-dealkylation sites (tertiary alicyclic amines) is 1. The Hall–Kier alpha value is -1.54. The summed E-state index contributed by atoms with van der Waals surface area (Å²) in [4.78, 5) is 14.9. The molecule has 1 N–H and O–H groups in total. The molecule has 1 spiro atoms. The van der Waals surface area contributed by atoms with Crippen molar-refractivity contribution >= 4 is 15.9 Å². The number of sulfonamides is 1. The summed E-state index contributed by atoms with van der Waals surface area (Å²) in [6, 6.07) is 7.45. The van der Waals surface area contributed by atoms with Gasteiger partial charge in [0.2, 0.25) is 21.9 Å². The first-order valence-corrected chi connectivity index (χ1v) is 13.5. The molecule has 4 rings (SSSR count). The lowest BCUT2D eigenvalue weighted by Gasteiger charge is -2.31. The fraction of sp³-hybridized carbons (Fsp3) is 0.708. The lowest BCUT2D eigenvalue weighted by atomic mass is 9.81. The second-order valence-corrected chi connectivity index (χ2v) is 12.3. The number of benzene rings is 1. The van der Waals surface area contributed by atoms with Crippen molar-refractivity contribution in [2.45, 2.75) is 82.7 Å². The van der Waals surface area contributed by atoms with E-state index in [1.165, 1.54) is 6.26 Å². The van der Waals surface area contributed by atoms with Crippen LogP contribution in [0, 0.1) is 11.3 Å². The minimum absolute atomic E-state index is 0.0461. The quantitative estimate of drug-likeness (QED) is 0.684. The predicted octanol–water partition coefficient (Wildman–Crippen LogP) is 4.09. The minimum atomic E-state index is -3.43. The summed E-state index contributed by atoms with van der Waals surface area (Å²) >= 11 is 0. The molecule has 2 saturated carbocycles. The van der Waals surface area contributed by atoms with Crippen molar-refractivity contribution in [3.8, 4) is 0 Å². The van der Waals surface area contributed by atoms with Crippen LogP contribution >= 0.6 is 0 Å². The SMILES string of the molecule is CC(C)C(=O)N1CC2(CC2)C(NS(C)(=O)=O)C1Cc1cccc(C2CCC(F)(F)CC2)c1. The Morgan fingerprint density at radius 1 is 1.19 bits per heavy atom. The molecule has 32 heavy (non-hydrogen) atoms. The number of nitrogens with zero attached hydrogens (tertiary/aromatic N) is 1. The topological polar surface area (TPSA) is 66.5 Å². The summed E-state index contributed by atoms with van der Waals surface area (Å²) in [6.45, 7) is 4.32. The standard InChI is InChI=1S/C24H34F2N2O3S/c1-16(2)22(29)28-15-23(11-12-23)21(27-32(3,30)31)20(28)14-17-5-4-6-19(13-17)18-7-9-24(25,26)10-8-18/h4-6,13,16,18,20-21,27H,7-12,14-15H2,1-3H3. The molecule has 1 aliphatic heterocycles. The maximum Gasteiger partial charge on any atom is 0.248 e. The van der Waals surface area contributed by atoms with Crippen molar-refractivity contribution < 1.29 is 22.0 Å². The largest absolute Gasteiger partial charge is 0.337 e. The fourth-order valence-corrected chi connectivity index (χ4v) is 6.47. The smallest absolute Gasteiger partial charge is 0.248 e. The van der Waals surface area contributed by atoms with Gasteiger partial charge in [-0.15, -0.1) is 0 Å². The Balaban J connectivity index is 1.59. The maximum atomic E-state index is 13.6. The van der Waals surface area contributed by atoms with Gasteiger partial charge in [0, 0.05) is 36.8 Å². The third-order valence-electron chi connectivity index (χ3n) is 7.52. The first kappa shape index (κ1) is 23.6. The summed E-state index contributed by atoms with van der Waals surface area (Å²) in [5.41, 5.74) is 1.90. The van der Waals surface area contributed by atoms with E-state index in [1.54, 1.807) is 0 Å². The van der Waals surface area contributed by atoms with Crippen molar-refractivity contribution in [1.82, 2.24) is 9.62 Å². The van der Waals surface area contributed by atoms with E-state index in [0.29, 0.717) is 25.8 Å². The molecule has 1 aromatic carbocycles. The molecule has 0 aromatic heterocycles. The average Bonchev–Trinajstić information content (AvgIpc) is 3.43. The zero-order chi connectivity index (χ0) is 23.3. The van der Waals surface area contributed by atoms with Gasteiger partial charge in [-0.25, -0.2) is 21.9 Å². The Bertz CT molecular complexity index is 965. The molecule has 2 unspecified atom stereocenters. The third-order valence-corrected chi connectivity index (χ3v) is 8.21.